The fourth-order valence-electron chi connectivity index (χ4n) is 2.54. The van der Waals surface area contributed by atoms with Crippen LogP contribution in [0.15, 0.2) is 40.3 Å². The van der Waals surface area contributed by atoms with Gasteiger partial charge >= 0.3 is 0 Å². The van der Waals surface area contributed by atoms with E-state index in [-0.39, 0.29) is 11.8 Å². The topological polar surface area (TPSA) is 97.1 Å². The first kappa shape index (κ1) is 19.5. The molecule has 0 saturated carbocycles. The van der Waals surface area contributed by atoms with Crippen LogP contribution in [0.1, 0.15) is 27.2 Å². The predicted molar refractivity (Wildman–Crippen MR) is 115 cm³/mol. The highest BCUT2D eigenvalue weighted by atomic mass is 32.1. The molecule has 4 rings (SSSR count). The minimum absolute atomic E-state index is 0.0629. The van der Waals surface area contributed by atoms with Crippen LogP contribution in [-0.4, -0.2) is 21.8 Å². The molecule has 4 aromatic heterocycles. The lowest BCUT2D eigenvalue weighted by atomic mass is 10.3. The molecule has 2 amide bonds. The van der Waals surface area contributed by atoms with E-state index in [1.54, 1.807) is 35.1 Å². The van der Waals surface area contributed by atoms with Gasteiger partial charge in [0.05, 0.1) is 23.4 Å². The second-order valence-electron chi connectivity index (χ2n) is 6.07. The molecule has 0 radical (unpaired) electrons. The molecule has 0 aliphatic rings. The Morgan fingerprint density at radius 3 is 2.79 bits per heavy atom. The Kier molecular flexibility index (Phi) is 5.56. The fraction of sp³-hybridized carbons (Fsp3) is 0.158. The van der Waals surface area contributed by atoms with Gasteiger partial charge < -0.3 is 9.73 Å². The number of carbonyl (C=O) groups excluding carboxylic acids is 2. The SMILES string of the molecule is CC(=O)NCc1ccc(-c2nc(NC(=O)c3csc(-c4ccco4)n3)sc2C)s1. The monoisotopic (exact) mass is 444 g/mol. The average molecular weight is 445 g/mol. The quantitative estimate of drug-likeness (QED) is 0.446. The Hall–Kier alpha value is -2.82. The van der Waals surface area contributed by atoms with Crippen molar-refractivity contribution >= 4 is 51.0 Å². The number of anilines is 1. The average Bonchev–Trinajstić information content (AvgIpc) is 3.46. The molecule has 4 heterocycles. The molecule has 0 atom stereocenters. The van der Waals surface area contributed by atoms with Crippen molar-refractivity contribution in [1.82, 2.24) is 15.3 Å². The highest BCUT2D eigenvalue weighted by Crippen LogP contribution is 2.35. The minimum atomic E-state index is -0.308. The van der Waals surface area contributed by atoms with E-state index in [2.05, 4.69) is 20.6 Å². The molecule has 0 aromatic carbocycles. The maximum atomic E-state index is 12.5. The van der Waals surface area contributed by atoms with Crippen molar-refractivity contribution in [2.75, 3.05) is 5.32 Å². The van der Waals surface area contributed by atoms with Crippen LogP contribution in [0.5, 0.6) is 0 Å². The molecule has 7 nitrogen and oxygen atoms in total. The molecule has 0 aliphatic heterocycles. The van der Waals surface area contributed by atoms with Crippen molar-refractivity contribution in [1.29, 1.82) is 0 Å². The number of furan rings is 1. The standard InChI is InChI=1S/C19H16N4O3S3/c1-10-16(15-6-5-12(29-15)8-20-11(2)24)22-19(28-10)23-17(25)13-9-27-18(21-13)14-4-3-7-26-14/h3-7,9H,8H2,1-2H3,(H,20,24)(H,22,23,25). The Labute approximate surface area is 178 Å². The molecule has 4 aromatic rings. The molecule has 0 unspecified atom stereocenters. The first-order valence-electron chi connectivity index (χ1n) is 8.61. The van der Waals surface area contributed by atoms with Crippen LogP contribution in [0, 0.1) is 6.92 Å². The zero-order valence-corrected chi connectivity index (χ0v) is 18.0. The molecular weight excluding hydrogens is 428 g/mol. The number of aryl methyl sites for hydroxylation is 1. The van der Waals surface area contributed by atoms with E-state index in [9.17, 15) is 9.59 Å². The van der Waals surface area contributed by atoms with Gasteiger partial charge in [-0.25, -0.2) is 9.97 Å². The van der Waals surface area contributed by atoms with Crippen LogP contribution in [0.3, 0.4) is 0 Å². The molecular formula is C19H16N4O3S3. The second-order valence-corrected chi connectivity index (χ2v) is 9.30. The molecule has 29 heavy (non-hydrogen) atoms. The molecule has 0 saturated heterocycles. The van der Waals surface area contributed by atoms with E-state index in [4.69, 9.17) is 4.42 Å². The van der Waals surface area contributed by atoms with Crippen molar-refractivity contribution in [3.05, 3.63) is 51.4 Å². The summed E-state index contributed by atoms with van der Waals surface area (Å²) in [6, 6.07) is 7.53. The van der Waals surface area contributed by atoms with Gasteiger partial charge in [-0.3, -0.25) is 14.9 Å². The van der Waals surface area contributed by atoms with Gasteiger partial charge in [0.1, 0.15) is 5.69 Å². The number of thiazole rings is 2. The second kappa shape index (κ2) is 8.27. The number of nitrogens with zero attached hydrogens (tertiary/aromatic N) is 2. The Morgan fingerprint density at radius 2 is 2.03 bits per heavy atom. The third-order valence-corrected chi connectivity index (χ3v) is 6.73. The van der Waals surface area contributed by atoms with Crippen molar-refractivity contribution in [2.45, 2.75) is 20.4 Å². The summed E-state index contributed by atoms with van der Waals surface area (Å²) in [4.78, 5) is 35.6. The van der Waals surface area contributed by atoms with E-state index < -0.39 is 0 Å². The van der Waals surface area contributed by atoms with Crippen molar-refractivity contribution in [2.24, 2.45) is 0 Å². The van der Waals surface area contributed by atoms with E-state index in [1.807, 2.05) is 19.1 Å². The Morgan fingerprint density at radius 1 is 1.17 bits per heavy atom. The molecule has 0 aliphatic carbocycles. The van der Waals surface area contributed by atoms with Crippen LogP contribution < -0.4 is 10.6 Å². The normalized spacial score (nSPS) is 10.8. The van der Waals surface area contributed by atoms with E-state index in [1.165, 1.54) is 29.6 Å². The van der Waals surface area contributed by atoms with Gasteiger partial charge in [-0.2, -0.15) is 0 Å². The van der Waals surface area contributed by atoms with Crippen LogP contribution in [0.2, 0.25) is 0 Å². The summed E-state index contributed by atoms with van der Waals surface area (Å²) in [5.74, 6) is 0.262. The zero-order chi connectivity index (χ0) is 20.4. The summed E-state index contributed by atoms with van der Waals surface area (Å²) in [5.41, 5.74) is 1.16. The number of hydrogen-bond donors (Lipinski definition) is 2. The van der Waals surface area contributed by atoms with E-state index in [0.717, 1.165) is 20.3 Å². The number of thiophene rings is 1. The summed E-state index contributed by atoms with van der Waals surface area (Å²) < 4.78 is 5.32. The highest BCUT2D eigenvalue weighted by Gasteiger charge is 2.17. The zero-order valence-electron chi connectivity index (χ0n) is 15.5. The van der Waals surface area contributed by atoms with Gasteiger partial charge in [0.25, 0.3) is 5.91 Å². The summed E-state index contributed by atoms with van der Waals surface area (Å²) in [5, 5.41) is 8.48. The van der Waals surface area contributed by atoms with Crippen LogP contribution in [0.4, 0.5) is 5.13 Å². The van der Waals surface area contributed by atoms with Crippen molar-refractivity contribution in [3.63, 3.8) is 0 Å². The molecule has 0 spiro atoms. The molecule has 148 valence electrons. The number of aromatic nitrogens is 2. The van der Waals surface area contributed by atoms with Gasteiger partial charge in [0.2, 0.25) is 5.91 Å². The van der Waals surface area contributed by atoms with E-state index in [0.29, 0.717) is 28.1 Å². The van der Waals surface area contributed by atoms with Crippen LogP contribution in [-0.2, 0) is 11.3 Å². The smallest absolute Gasteiger partial charge is 0.276 e. The van der Waals surface area contributed by atoms with Gasteiger partial charge in [0.15, 0.2) is 15.9 Å². The summed E-state index contributed by atoms with van der Waals surface area (Å²) >= 11 is 4.33. The lowest BCUT2D eigenvalue weighted by Gasteiger charge is -1.98. The maximum absolute atomic E-state index is 12.5. The van der Waals surface area contributed by atoms with Crippen LogP contribution >= 0.6 is 34.0 Å². The Balaban J connectivity index is 1.47. The lowest BCUT2D eigenvalue weighted by molar-refractivity contribution is -0.119. The largest absolute Gasteiger partial charge is 0.462 e. The lowest BCUT2D eigenvalue weighted by Crippen LogP contribution is -2.17. The molecule has 0 bridgehead atoms. The summed E-state index contributed by atoms with van der Waals surface area (Å²) in [6.07, 6.45) is 1.57. The summed E-state index contributed by atoms with van der Waals surface area (Å²) in [6.45, 7) is 3.95. The van der Waals surface area contributed by atoms with Crippen molar-refractivity contribution < 1.29 is 14.0 Å². The number of carbonyl (C=O) groups is 2. The maximum Gasteiger partial charge on any atom is 0.276 e. The molecule has 2 N–H and O–H groups in total. The summed E-state index contributed by atoms with van der Waals surface area (Å²) in [7, 11) is 0. The van der Waals surface area contributed by atoms with Crippen LogP contribution in [0.25, 0.3) is 21.3 Å². The number of amides is 2. The van der Waals surface area contributed by atoms with Gasteiger partial charge in [0, 0.05) is 22.1 Å². The third kappa shape index (κ3) is 4.44. The first-order valence-corrected chi connectivity index (χ1v) is 11.1. The predicted octanol–water partition coefficient (Wildman–Crippen LogP) is 4.78. The molecule has 10 heteroatoms. The highest BCUT2D eigenvalue weighted by molar-refractivity contribution is 7.18. The number of hydrogen-bond acceptors (Lipinski definition) is 8. The number of rotatable bonds is 6. The number of nitrogens with one attached hydrogen (secondary N) is 2. The fourth-order valence-corrected chi connectivity index (χ4v) is 5.19. The third-order valence-electron chi connectivity index (χ3n) is 3.89. The molecule has 0 fully saturated rings. The first-order chi connectivity index (χ1) is 14.0. The van der Waals surface area contributed by atoms with E-state index >= 15 is 0 Å². The van der Waals surface area contributed by atoms with Crippen molar-refractivity contribution in [3.8, 4) is 21.3 Å². The van der Waals surface area contributed by atoms with Gasteiger partial charge in [-0.15, -0.1) is 34.0 Å². The van der Waals surface area contributed by atoms with Gasteiger partial charge in [-0.1, -0.05) is 0 Å². The Bertz CT molecular complexity index is 1160. The van der Waals surface area contributed by atoms with Gasteiger partial charge in [-0.05, 0) is 31.2 Å². The minimum Gasteiger partial charge on any atom is -0.462 e.